The van der Waals surface area contributed by atoms with Crippen molar-refractivity contribution in [2.24, 2.45) is 0 Å². The third-order valence-electron chi connectivity index (χ3n) is 3.96. The molecular weight excluding hydrogens is 387 g/mol. The molecular formula is C17H14F3NO3S2. The quantitative estimate of drug-likeness (QED) is 0.724. The summed E-state index contributed by atoms with van der Waals surface area (Å²) in [6.45, 7) is 0. The minimum absolute atomic E-state index is 0.315. The third kappa shape index (κ3) is 3.59. The Bertz CT molecular complexity index is 791. The molecule has 0 saturated carbocycles. The van der Waals surface area contributed by atoms with Gasteiger partial charge in [0.15, 0.2) is 0 Å². The predicted octanol–water partition coefficient (Wildman–Crippen LogP) is 4.20. The zero-order chi connectivity index (χ0) is 18.9. The van der Waals surface area contributed by atoms with Crippen LogP contribution >= 0.6 is 23.1 Å². The molecule has 2 atom stereocenters. The molecule has 9 heteroatoms. The van der Waals surface area contributed by atoms with Crippen LogP contribution in [0.2, 0.25) is 0 Å². The van der Waals surface area contributed by atoms with Crippen molar-refractivity contribution in [1.29, 1.82) is 0 Å². The Morgan fingerprint density at radius 2 is 1.88 bits per heavy atom. The Morgan fingerprint density at radius 1 is 1.19 bits per heavy atom. The van der Waals surface area contributed by atoms with E-state index in [1.165, 1.54) is 47.2 Å². The number of halogens is 3. The van der Waals surface area contributed by atoms with E-state index in [1.54, 1.807) is 17.5 Å². The van der Waals surface area contributed by atoms with Gasteiger partial charge in [-0.05, 0) is 29.1 Å². The second-order valence-electron chi connectivity index (χ2n) is 5.53. The highest BCUT2D eigenvalue weighted by atomic mass is 32.2. The number of alkyl halides is 3. The molecule has 2 unspecified atom stereocenters. The molecule has 1 aliphatic rings. The lowest BCUT2D eigenvalue weighted by atomic mass is 10.1. The maximum atomic E-state index is 12.9. The Balaban J connectivity index is 1.94. The maximum absolute atomic E-state index is 12.9. The van der Waals surface area contributed by atoms with E-state index < -0.39 is 29.1 Å². The number of hydrogen-bond acceptors (Lipinski definition) is 5. The van der Waals surface area contributed by atoms with Gasteiger partial charge in [0.1, 0.15) is 11.4 Å². The number of thioether (sulfide) groups is 1. The van der Waals surface area contributed by atoms with Crippen molar-refractivity contribution in [3.8, 4) is 0 Å². The van der Waals surface area contributed by atoms with Crippen LogP contribution in [0.15, 0.2) is 41.8 Å². The van der Waals surface area contributed by atoms with Gasteiger partial charge in [-0.2, -0.15) is 13.2 Å². The number of hydrogen-bond donors (Lipinski definition) is 0. The summed E-state index contributed by atoms with van der Waals surface area (Å²) in [4.78, 5) is 26.8. The summed E-state index contributed by atoms with van der Waals surface area (Å²) >= 11 is 2.56. The number of rotatable bonds is 3. The van der Waals surface area contributed by atoms with Crippen LogP contribution in [0.3, 0.4) is 0 Å². The SMILES string of the molecule is COC(=O)C1CSC(c2ccc(C(F)(F)F)cc2)N1C(=O)c1cccs1. The van der Waals surface area contributed by atoms with E-state index in [2.05, 4.69) is 0 Å². The van der Waals surface area contributed by atoms with E-state index in [0.29, 0.717) is 16.2 Å². The minimum Gasteiger partial charge on any atom is -0.467 e. The summed E-state index contributed by atoms with van der Waals surface area (Å²) in [6.07, 6.45) is -4.43. The monoisotopic (exact) mass is 401 g/mol. The number of thiophene rings is 1. The van der Waals surface area contributed by atoms with Crippen molar-refractivity contribution in [2.75, 3.05) is 12.9 Å². The number of amides is 1. The molecule has 4 nitrogen and oxygen atoms in total. The summed E-state index contributed by atoms with van der Waals surface area (Å²) in [5.41, 5.74) is -0.232. The molecule has 1 fully saturated rings. The molecule has 0 bridgehead atoms. The van der Waals surface area contributed by atoms with Crippen molar-refractivity contribution in [3.05, 3.63) is 57.8 Å². The van der Waals surface area contributed by atoms with Crippen LogP contribution in [-0.4, -0.2) is 35.7 Å². The van der Waals surface area contributed by atoms with E-state index in [-0.39, 0.29) is 5.91 Å². The highest BCUT2D eigenvalue weighted by Gasteiger charge is 2.43. The first kappa shape index (κ1) is 18.8. The molecule has 0 spiro atoms. The fourth-order valence-corrected chi connectivity index (χ4v) is 4.77. The highest BCUT2D eigenvalue weighted by molar-refractivity contribution is 7.99. The van der Waals surface area contributed by atoms with Crippen molar-refractivity contribution in [2.45, 2.75) is 17.6 Å². The lowest BCUT2D eigenvalue weighted by molar-refractivity contribution is -0.145. The lowest BCUT2D eigenvalue weighted by Gasteiger charge is -2.28. The van der Waals surface area contributed by atoms with E-state index in [1.807, 2.05) is 0 Å². The molecule has 0 radical (unpaired) electrons. The van der Waals surface area contributed by atoms with Crippen LogP contribution in [0.1, 0.15) is 26.2 Å². The van der Waals surface area contributed by atoms with E-state index in [0.717, 1.165) is 12.1 Å². The molecule has 1 aliphatic heterocycles. The first-order valence-corrected chi connectivity index (χ1v) is 9.48. The van der Waals surface area contributed by atoms with Gasteiger partial charge in [-0.25, -0.2) is 4.79 Å². The largest absolute Gasteiger partial charge is 0.467 e. The molecule has 0 N–H and O–H groups in total. The molecule has 1 aromatic heterocycles. The van der Waals surface area contributed by atoms with Gasteiger partial charge in [-0.3, -0.25) is 4.79 Å². The minimum atomic E-state index is -4.43. The molecule has 1 saturated heterocycles. The molecule has 3 rings (SSSR count). The summed E-state index contributed by atoms with van der Waals surface area (Å²) in [6, 6.07) is 7.23. The predicted molar refractivity (Wildman–Crippen MR) is 92.9 cm³/mol. The molecule has 2 aromatic rings. The number of carbonyl (C=O) groups excluding carboxylic acids is 2. The van der Waals surface area contributed by atoms with Crippen LogP contribution in [0.25, 0.3) is 0 Å². The number of esters is 1. The van der Waals surface area contributed by atoms with E-state index in [4.69, 9.17) is 4.74 Å². The van der Waals surface area contributed by atoms with Crippen LogP contribution < -0.4 is 0 Å². The summed E-state index contributed by atoms with van der Waals surface area (Å²) in [7, 11) is 1.24. The highest BCUT2D eigenvalue weighted by Crippen LogP contribution is 2.43. The zero-order valence-electron chi connectivity index (χ0n) is 13.5. The van der Waals surface area contributed by atoms with E-state index in [9.17, 15) is 22.8 Å². The molecule has 2 heterocycles. The second kappa shape index (κ2) is 7.32. The Morgan fingerprint density at radius 3 is 2.42 bits per heavy atom. The topological polar surface area (TPSA) is 46.6 Å². The maximum Gasteiger partial charge on any atom is 0.416 e. The molecule has 26 heavy (non-hydrogen) atoms. The van der Waals surface area contributed by atoms with E-state index >= 15 is 0 Å². The molecule has 1 aromatic carbocycles. The number of nitrogens with zero attached hydrogens (tertiary/aromatic N) is 1. The van der Waals surface area contributed by atoms with Crippen LogP contribution in [0, 0.1) is 0 Å². The van der Waals surface area contributed by atoms with Crippen molar-refractivity contribution < 1.29 is 27.5 Å². The van der Waals surface area contributed by atoms with Crippen LogP contribution in [0.5, 0.6) is 0 Å². The van der Waals surface area contributed by atoms with Crippen LogP contribution in [-0.2, 0) is 15.7 Å². The summed E-state index contributed by atoms with van der Waals surface area (Å²) in [5.74, 6) is -0.572. The Hall–Kier alpha value is -2.00. The Kier molecular flexibility index (Phi) is 5.29. The van der Waals surface area contributed by atoms with Gasteiger partial charge in [0.05, 0.1) is 17.6 Å². The van der Waals surface area contributed by atoms with Gasteiger partial charge in [0.25, 0.3) is 5.91 Å². The van der Waals surface area contributed by atoms with Gasteiger partial charge in [0.2, 0.25) is 0 Å². The van der Waals surface area contributed by atoms with Gasteiger partial charge in [-0.1, -0.05) is 18.2 Å². The summed E-state index contributed by atoms with van der Waals surface area (Å²) < 4.78 is 43.1. The van der Waals surface area contributed by atoms with Crippen molar-refractivity contribution in [3.63, 3.8) is 0 Å². The number of methoxy groups -OCH3 is 1. The fraction of sp³-hybridized carbons (Fsp3) is 0.294. The number of carbonyl (C=O) groups is 2. The second-order valence-corrected chi connectivity index (χ2v) is 7.60. The number of ether oxygens (including phenoxy) is 1. The molecule has 1 amide bonds. The zero-order valence-corrected chi connectivity index (χ0v) is 15.2. The third-order valence-corrected chi connectivity index (χ3v) is 6.14. The Labute approximate surface area is 155 Å². The summed E-state index contributed by atoms with van der Waals surface area (Å²) in [5, 5.41) is 1.19. The normalized spacial score (nSPS) is 20.2. The van der Waals surface area contributed by atoms with Gasteiger partial charge < -0.3 is 9.64 Å². The molecule has 138 valence electrons. The first-order valence-electron chi connectivity index (χ1n) is 7.55. The standard InChI is InChI=1S/C17H14F3NO3S2/c1-24-16(23)12-9-26-15(21(12)14(22)13-3-2-8-25-13)10-4-6-11(7-5-10)17(18,19)20/h2-8,12,15H,9H2,1H3. The van der Waals surface area contributed by atoms with Gasteiger partial charge in [-0.15, -0.1) is 23.1 Å². The fourth-order valence-electron chi connectivity index (χ4n) is 2.69. The van der Waals surface area contributed by atoms with Crippen molar-refractivity contribution >= 4 is 35.0 Å². The average Bonchev–Trinajstić information content (AvgIpc) is 3.29. The molecule has 0 aliphatic carbocycles. The smallest absolute Gasteiger partial charge is 0.416 e. The first-order chi connectivity index (χ1) is 12.3. The van der Waals surface area contributed by atoms with Crippen LogP contribution in [0.4, 0.5) is 13.2 Å². The number of benzene rings is 1. The lowest BCUT2D eigenvalue weighted by Crippen LogP contribution is -2.43. The average molecular weight is 401 g/mol. The van der Waals surface area contributed by atoms with Gasteiger partial charge in [0, 0.05) is 5.75 Å². The van der Waals surface area contributed by atoms with Gasteiger partial charge >= 0.3 is 12.1 Å². The van der Waals surface area contributed by atoms with Crippen molar-refractivity contribution in [1.82, 2.24) is 4.90 Å².